The number of carboxylic acids is 1. The molecule has 1 amide bonds. The number of carbonyl (C=O) groups is 2. The summed E-state index contributed by atoms with van der Waals surface area (Å²) in [5.41, 5.74) is 0. The highest BCUT2D eigenvalue weighted by atomic mass is 32.1. The summed E-state index contributed by atoms with van der Waals surface area (Å²) < 4.78 is 0. The molecule has 2 unspecified atom stereocenters. The van der Waals surface area contributed by atoms with E-state index in [4.69, 9.17) is 5.11 Å². The Kier molecular flexibility index (Phi) is 3.96. The van der Waals surface area contributed by atoms with Crippen LogP contribution in [-0.2, 0) is 11.2 Å². The second kappa shape index (κ2) is 5.48. The normalized spacial score (nSPS) is 22.9. The SMILES string of the molecule is CCc1ncc(C(=O)NC2CCC(C(=O)O)C2)s1. The maximum absolute atomic E-state index is 11.9. The molecule has 1 heterocycles. The second-order valence-corrected chi connectivity index (χ2v) is 5.61. The van der Waals surface area contributed by atoms with Crippen LogP contribution in [0, 0.1) is 5.92 Å². The second-order valence-electron chi connectivity index (χ2n) is 4.49. The molecule has 0 aromatic carbocycles. The summed E-state index contributed by atoms with van der Waals surface area (Å²) >= 11 is 1.39. The first-order valence-electron chi connectivity index (χ1n) is 6.08. The van der Waals surface area contributed by atoms with Gasteiger partial charge in [0.2, 0.25) is 0 Å². The van der Waals surface area contributed by atoms with Crippen LogP contribution in [0.25, 0.3) is 0 Å². The molecule has 1 aromatic rings. The first kappa shape index (κ1) is 13.0. The Morgan fingerprint density at radius 3 is 2.89 bits per heavy atom. The zero-order valence-electron chi connectivity index (χ0n) is 10.2. The summed E-state index contributed by atoms with van der Waals surface area (Å²) in [6.45, 7) is 1.99. The average molecular weight is 268 g/mol. The highest BCUT2D eigenvalue weighted by Crippen LogP contribution is 2.26. The van der Waals surface area contributed by atoms with E-state index < -0.39 is 5.97 Å². The highest BCUT2D eigenvalue weighted by molar-refractivity contribution is 7.13. The van der Waals surface area contributed by atoms with E-state index in [9.17, 15) is 9.59 Å². The quantitative estimate of drug-likeness (QED) is 0.871. The fraction of sp³-hybridized carbons (Fsp3) is 0.583. The molecule has 1 aromatic heterocycles. The number of aromatic nitrogens is 1. The van der Waals surface area contributed by atoms with E-state index in [1.807, 2.05) is 6.92 Å². The van der Waals surface area contributed by atoms with Gasteiger partial charge in [-0.2, -0.15) is 0 Å². The molecule has 2 atom stereocenters. The summed E-state index contributed by atoms with van der Waals surface area (Å²) in [7, 11) is 0. The Labute approximate surface area is 109 Å². The number of hydrogen-bond acceptors (Lipinski definition) is 4. The molecule has 2 N–H and O–H groups in total. The minimum atomic E-state index is -0.766. The number of aliphatic carboxylic acids is 1. The fourth-order valence-corrected chi connectivity index (χ4v) is 2.93. The van der Waals surface area contributed by atoms with Crippen molar-refractivity contribution in [2.24, 2.45) is 5.92 Å². The van der Waals surface area contributed by atoms with Crippen molar-refractivity contribution in [3.05, 3.63) is 16.1 Å². The molecule has 1 aliphatic rings. The summed E-state index contributed by atoms with van der Waals surface area (Å²) in [5, 5.41) is 12.7. The van der Waals surface area contributed by atoms with Crippen molar-refractivity contribution in [3.8, 4) is 0 Å². The number of thiazole rings is 1. The van der Waals surface area contributed by atoms with Crippen LogP contribution in [0.4, 0.5) is 0 Å². The molecule has 1 aliphatic carbocycles. The molecule has 6 heteroatoms. The lowest BCUT2D eigenvalue weighted by Crippen LogP contribution is -2.32. The maximum Gasteiger partial charge on any atom is 0.306 e. The van der Waals surface area contributed by atoms with Gasteiger partial charge in [-0.25, -0.2) is 4.98 Å². The van der Waals surface area contributed by atoms with Crippen molar-refractivity contribution in [3.63, 3.8) is 0 Å². The number of carbonyl (C=O) groups excluding carboxylic acids is 1. The van der Waals surface area contributed by atoms with E-state index in [0.717, 1.165) is 17.8 Å². The summed E-state index contributed by atoms with van der Waals surface area (Å²) in [5.74, 6) is -1.22. The number of carboxylic acid groups (broad SMARTS) is 1. The third kappa shape index (κ3) is 2.87. The average Bonchev–Trinajstić information content (AvgIpc) is 2.96. The van der Waals surface area contributed by atoms with Crippen molar-refractivity contribution >= 4 is 23.2 Å². The summed E-state index contributed by atoms with van der Waals surface area (Å²) in [6.07, 6.45) is 4.32. The predicted octanol–water partition coefficient (Wildman–Crippen LogP) is 1.69. The Morgan fingerprint density at radius 1 is 1.56 bits per heavy atom. The zero-order chi connectivity index (χ0) is 13.1. The van der Waals surface area contributed by atoms with Crippen molar-refractivity contribution in [1.29, 1.82) is 0 Å². The van der Waals surface area contributed by atoms with Crippen LogP contribution in [0.1, 0.15) is 40.9 Å². The summed E-state index contributed by atoms with van der Waals surface area (Å²) in [4.78, 5) is 27.5. The topological polar surface area (TPSA) is 79.3 Å². The highest BCUT2D eigenvalue weighted by Gasteiger charge is 2.30. The van der Waals surface area contributed by atoms with Crippen LogP contribution >= 0.6 is 11.3 Å². The number of nitrogens with zero attached hydrogens (tertiary/aromatic N) is 1. The number of rotatable bonds is 4. The van der Waals surface area contributed by atoms with Gasteiger partial charge < -0.3 is 10.4 Å². The van der Waals surface area contributed by atoms with E-state index in [2.05, 4.69) is 10.3 Å². The van der Waals surface area contributed by atoms with Gasteiger partial charge in [0.25, 0.3) is 5.91 Å². The largest absolute Gasteiger partial charge is 0.481 e. The number of hydrogen-bond donors (Lipinski definition) is 2. The van der Waals surface area contributed by atoms with Crippen LogP contribution in [-0.4, -0.2) is 28.0 Å². The Hall–Kier alpha value is -1.43. The van der Waals surface area contributed by atoms with Gasteiger partial charge >= 0.3 is 5.97 Å². The molecule has 0 aliphatic heterocycles. The monoisotopic (exact) mass is 268 g/mol. The molecular weight excluding hydrogens is 252 g/mol. The van der Waals surface area contributed by atoms with Crippen LogP contribution in [0.3, 0.4) is 0 Å². The van der Waals surface area contributed by atoms with Gasteiger partial charge in [-0.3, -0.25) is 9.59 Å². The minimum absolute atomic E-state index is 0.0224. The van der Waals surface area contributed by atoms with E-state index in [0.29, 0.717) is 17.7 Å². The fourth-order valence-electron chi connectivity index (χ4n) is 2.17. The Balaban J connectivity index is 1.90. The van der Waals surface area contributed by atoms with Gasteiger partial charge in [-0.1, -0.05) is 6.92 Å². The maximum atomic E-state index is 11.9. The minimum Gasteiger partial charge on any atom is -0.481 e. The predicted molar refractivity (Wildman–Crippen MR) is 67.7 cm³/mol. The molecule has 0 radical (unpaired) electrons. The molecule has 2 rings (SSSR count). The van der Waals surface area contributed by atoms with Crippen LogP contribution in [0.2, 0.25) is 0 Å². The third-order valence-corrected chi connectivity index (χ3v) is 4.34. The van der Waals surface area contributed by atoms with Crippen molar-refractivity contribution in [2.45, 2.75) is 38.6 Å². The van der Waals surface area contributed by atoms with E-state index in [-0.39, 0.29) is 17.9 Å². The van der Waals surface area contributed by atoms with Crippen molar-refractivity contribution < 1.29 is 14.7 Å². The van der Waals surface area contributed by atoms with Gasteiger partial charge in [0.15, 0.2) is 0 Å². The lowest BCUT2D eigenvalue weighted by Gasteiger charge is -2.10. The molecule has 18 heavy (non-hydrogen) atoms. The molecule has 0 spiro atoms. The van der Waals surface area contributed by atoms with E-state index >= 15 is 0 Å². The van der Waals surface area contributed by atoms with Gasteiger partial charge in [0, 0.05) is 6.04 Å². The van der Waals surface area contributed by atoms with Crippen molar-refractivity contribution in [2.75, 3.05) is 0 Å². The van der Waals surface area contributed by atoms with Crippen LogP contribution < -0.4 is 5.32 Å². The molecule has 1 saturated carbocycles. The van der Waals surface area contributed by atoms with Gasteiger partial charge in [-0.05, 0) is 25.7 Å². The number of aryl methyl sites for hydroxylation is 1. The molecule has 0 saturated heterocycles. The molecule has 1 fully saturated rings. The first-order valence-corrected chi connectivity index (χ1v) is 6.90. The smallest absolute Gasteiger partial charge is 0.306 e. The number of amides is 1. The number of nitrogens with one attached hydrogen (secondary N) is 1. The third-order valence-electron chi connectivity index (χ3n) is 3.20. The molecule has 5 nitrogen and oxygen atoms in total. The van der Waals surface area contributed by atoms with Crippen molar-refractivity contribution in [1.82, 2.24) is 10.3 Å². The molecule has 98 valence electrons. The van der Waals surface area contributed by atoms with Gasteiger partial charge in [-0.15, -0.1) is 11.3 Å². The van der Waals surface area contributed by atoms with E-state index in [1.54, 1.807) is 6.20 Å². The first-order chi connectivity index (χ1) is 8.60. The Bertz CT molecular complexity index is 458. The van der Waals surface area contributed by atoms with Gasteiger partial charge in [0.05, 0.1) is 17.1 Å². The lowest BCUT2D eigenvalue weighted by atomic mass is 10.1. The standard InChI is InChI=1S/C12H16N2O3S/c1-2-10-13-6-9(18-10)11(15)14-8-4-3-7(5-8)12(16)17/h6-8H,2-5H2,1H3,(H,14,15)(H,16,17). The van der Waals surface area contributed by atoms with Crippen LogP contribution in [0.5, 0.6) is 0 Å². The summed E-state index contributed by atoms with van der Waals surface area (Å²) in [6, 6.07) is -0.0224. The lowest BCUT2D eigenvalue weighted by molar-refractivity contribution is -0.141. The molecular formula is C12H16N2O3S. The Morgan fingerprint density at radius 2 is 2.33 bits per heavy atom. The van der Waals surface area contributed by atoms with Gasteiger partial charge in [0.1, 0.15) is 4.88 Å². The van der Waals surface area contributed by atoms with E-state index in [1.165, 1.54) is 11.3 Å². The van der Waals surface area contributed by atoms with Crippen LogP contribution in [0.15, 0.2) is 6.20 Å². The molecule has 0 bridgehead atoms. The zero-order valence-corrected chi connectivity index (χ0v) is 11.0.